The largest absolute Gasteiger partial charge is 0.339 e. The second-order valence-electron chi connectivity index (χ2n) is 6.34. The fourth-order valence-electron chi connectivity index (χ4n) is 3.05. The van der Waals surface area contributed by atoms with Crippen molar-refractivity contribution in [1.29, 1.82) is 0 Å². The van der Waals surface area contributed by atoms with Gasteiger partial charge in [-0.2, -0.15) is 0 Å². The van der Waals surface area contributed by atoms with Crippen LogP contribution < -0.4 is 5.32 Å². The minimum atomic E-state index is -0.497. The molecule has 140 valence electrons. The summed E-state index contributed by atoms with van der Waals surface area (Å²) in [5.41, 5.74) is 1.10. The highest BCUT2D eigenvalue weighted by atomic mass is 79.9. The standard InChI is InChI=1S/C19H18BrN3O4/c20-16-3-1-2-4-17(16)21-18(24)13-9-11-22(12-10-13)19(25)14-5-7-15(8-6-14)23(26)27/h1-8,13H,9-12H2,(H,21,24). The first-order valence-electron chi connectivity index (χ1n) is 8.55. The number of nitro benzene ring substituents is 1. The Bertz CT molecular complexity index is 862. The third kappa shape index (κ3) is 4.51. The maximum atomic E-state index is 12.5. The number of amides is 2. The second kappa shape index (κ2) is 8.30. The van der Waals surface area contributed by atoms with Gasteiger partial charge in [0.25, 0.3) is 11.6 Å². The van der Waals surface area contributed by atoms with Gasteiger partial charge in [-0.1, -0.05) is 12.1 Å². The monoisotopic (exact) mass is 431 g/mol. The minimum Gasteiger partial charge on any atom is -0.339 e. The van der Waals surface area contributed by atoms with E-state index < -0.39 is 4.92 Å². The molecule has 1 saturated heterocycles. The number of likely N-dealkylation sites (tertiary alicyclic amines) is 1. The van der Waals surface area contributed by atoms with Crippen LogP contribution >= 0.6 is 15.9 Å². The van der Waals surface area contributed by atoms with Crippen molar-refractivity contribution in [3.8, 4) is 0 Å². The molecule has 1 N–H and O–H groups in total. The number of para-hydroxylation sites is 1. The third-order valence-electron chi connectivity index (χ3n) is 4.61. The van der Waals surface area contributed by atoms with Gasteiger partial charge in [0.1, 0.15) is 0 Å². The molecule has 1 aliphatic heterocycles. The SMILES string of the molecule is O=C(Nc1ccccc1Br)C1CCN(C(=O)c2ccc([N+](=O)[O-])cc2)CC1. The molecule has 0 aromatic heterocycles. The Labute approximate surface area is 164 Å². The maximum Gasteiger partial charge on any atom is 0.269 e. The number of nitrogens with one attached hydrogen (secondary N) is 1. The molecule has 2 aromatic carbocycles. The van der Waals surface area contributed by atoms with E-state index in [9.17, 15) is 19.7 Å². The molecule has 0 saturated carbocycles. The van der Waals surface area contributed by atoms with Gasteiger partial charge in [-0.3, -0.25) is 19.7 Å². The average molecular weight is 432 g/mol. The average Bonchev–Trinajstić information content (AvgIpc) is 2.69. The Morgan fingerprint density at radius 3 is 2.30 bits per heavy atom. The molecule has 0 bridgehead atoms. The number of hydrogen-bond donors (Lipinski definition) is 1. The van der Waals surface area contributed by atoms with Crippen LogP contribution in [-0.4, -0.2) is 34.7 Å². The molecule has 8 heteroatoms. The summed E-state index contributed by atoms with van der Waals surface area (Å²) in [6.45, 7) is 0.952. The smallest absolute Gasteiger partial charge is 0.269 e. The van der Waals surface area contributed by atoms with Gasteiger partial charge in [0.15, 0.2) is 0 Å². The van der Waals surface area contributed by atoms with Gasteiger partial charge in [0, 0.05) is 41.2 Å². The number of benzene rings is 2. The molecule has 0 aliphatic carbocycles. The lowest BCUT2D eigenvalue weighted by atomic mass is 9.95. The van der Waals surface area contributed by atoms with E-state index in [0.29, 0.717) is 31.5 Å². The van der Waals surface area contributed by atoms with Crippen LogP contribution in [-0.2, 0) is 4.79 Å². The van der Waals surface area contributed by atoms with E-state index in [0.717, 1.165) is 10.2 Å². The van der Waals surface area contributed by atoms with Crippen LogP contribution in [0.25, 0.3) is 0 Å². The number of hydrogen-bond acceptors (Lipinski definition) is 4. The number of nitro groups is 1. The Kier molecular flexibility index (Phi) is 5.85. The van der Waals surface area contributed by atoms with Crippen molar-refractivity contribution in [3.05, 3.63) is 68.7 Å². The molecular weight excluding hydrogens is 414 g/mol. The van der Waals surface area contributed by atoms with E-state index >= 15 is 0 Å². The summed E-state index contributed by atoms with van der Waals surface area (Å²) in [6.07, 6.45) is 1.16. The molecule has 0 spiro atoms. The lowest BCUT2D eigenvalue weighted by molar-refractivity contribution is -0.384. The van der Waals surface area contributed by atoms with Crippen LogP contribution in [0.15, 0.2) is 53.0 Å². The van der Waals surface area contributed by atoms with Gasteiger partial charge in [-0.15, -0.1) is 0 Å². The summed E-state index contributed by atoms with van der Waals surface area (Å²) in [4.78, 5) is 36.9. The first-order chi connectivity index (χ1) is 13.0. The fraction of sp³-hybridized carbons (Fsp3) is 0.263. The molecule has 1 heterocycles. The van der Waals surface area contributed by atoms with Gasteiger partial charge in [-0.05, 0) is 53.0 Å². The van der Waals surface area contributed by atoms with Gasteiger partial charge in [0.2, 0.25) is 5.91 Å². The zero-order valence-corrected chi connectivity index (χ0v) is 16.0. The zero-order valence-electron chi connectivity index (χ0n) is 14.4. The van der Waals surface area contributed by atoms with Crippen molar-refractivity contribution in [2.24, 2.45) is 5.92 Å². The number of halogens is 1. The Morgan fingerprint density at radius 1 is 1.07 bits per heavy atom. The van der Waals surface area contributed by atoms with E-state index in [1.807, 2.05) is 24.3 Å². The fourth-order valence-corrected chi connectivity index (χ4v) is 3.43. The highest BCUT2D eigenvalue weighted by Gasteiger charge is 2.28. The predicted molar refractivity (Wildman–Crippen MR) is 104 cm³/mol. The molecule has 0 radical (unpaired) electrons. The summed E-state index contributed by atoms with van der Waals surface area (Å²) in [6, 6.07) is 13.0. The second-order valence-corrected chi connectivity index (χ2v) is 7.19. The summed E-state index contributed by atoms with van der Waals surface area (Å²) in [5.74, 6) is -0.378. The van der Waals surface area contributed by atoms with Gasteiger partial charge in [0.05, 0.1) is 10.6 Å². The number of rotatable bonds is 4. The molecule has 3 rings (SSSR count). The quantitative estimate of drug-likeness (QED) is 0.587. The molecule has 7 nitrogen and oxygen atoms in total. The molecule has 2 aromatic rings. The van der Waals surface area contributed by atoms with Crippen LogP contribution in [0.4, 0.5) is 11.4 Å². The number of carbonyl (C=O) groups is 2. The molecule has 1 aliphatic rings. The van der Waals surface area contributed by atoms with E-state index in [-0.39, 0.29) is 23.4 Å². The molecule has 27 heavy (non-hydrogen) atoms. The van der Waals surface area contributed by atoms with E-state index in [1.54, 1.807) is 4.90 Å². The van der Waals surface area contributed by atoms with Crippen molar-refractivity contribution >= 4 is 39.1 Å². The van der Waals surface area contributed by atoms with Crippen molar-refractivity contribution in [1.82, 2.24) is 4.90 Å². The van der Waals surface area contributed by atoms with Crippen molar-refractivity contribution < 1.29 is 14.5 Å². The lowest BCUT2D eigenvalue weighted by Gasteiger charge is -2.31. The number of piperidine rings is 1. The first-order valence-corrected chi connectivity index (χ1v) is 9.34. The summed E-state index contributed by atoms with van der Waals surface area (Å²) >= 11 is 3.41. The molecule has 0 unspecified atom stereocenters. The lowest BCUT2D eigenvalue weighted by Crippen LogP contribution is -2.41. The highest BCUT2D eigenvalue weighted by molar-refractivity contribution is 9.10. The summed E-state index contributed by atoms with van der Waals surface area (Å²) in [7, 11) is 0. The zero-order chi connectivity index (χ0) is 19.4. The number of carbonyl (C=O) groups excluding carboxylic acids is 2. The molecule has 0 atom stereocenters. The van der Waals surface area contributed by atoms with Crippen molar-refractivity contribution in [2.45, 2.75) is 12.8 Å². The van der Waals surface area contributed by atoms with Crippen LogP contribution in [0.5, 0.6) is 0 Å². The minimum absolute atomic E-state index is 0.0472. The van der Waals surface area contributed by atoms with E-state index in [1.165, 1.54) is 24.3 Å². The van der Waals surface area contributed by atoms with E-state index in [2.05, 4.69) is 21.2 Å². The Morgan fingerprint density at radius 2 is 1.70 bits per heavy atom. The number of non-ortho nitro benzene ring substituents is 1. The Hall–Kier alpha value is -2.74. The molecular formula is C19H18BrN3O4. The van der Waals surface area contributed by atoms with Crippen LogP contribution in [0.2, 0.25) is 0 Å². The highest BCUT2D eigenvalue weighted by Crippen LogP contribution is 2.25. The third-order valence-corrected chi connectivity index (χ3v) is 5.30. The van der Waals surface area contributed by atoms with Gasteiger partial charge >= 0.3 is 0 Å². The molecule has 1 fully saturated rings. The summed E-state index contributed by atoms with van der Waals surface area (Å²) < 4.78 is 0.823. The first kappa shape index (κ1) is 19.0. The topological polar surface area (TPSA) is 92.6 Å². The van der Waals surface area contributed by atoms with Crippen LogP contribution in [0, 0.1) is 16.0 Å². The normalized spacial score (nSPS) is 14.6. The number of nitrogens with zero attached hydrogens (tertiary/aromatic N) is 2. The summed E-state index contributed by atoms with van der Waals surface area (Å²) in [5, 5.41) is 13.6. The van der Waals surface area contributed by atoms with Crippen LogP contribution in [0.1, 0.15) is 23.2 Å². The maximum absolute atomic E-state index is 12.5. The van der Waals surface area contributed by atoms with E-state index in [4.69, 9.17) is 0 Å². The molecule has 2 amide bonds. The van der Waals surface area contributed by atoms with Crippen molar-refractivity contribution in [2.75, 3.05) is 18.4 Å². The Balaban J connectivity index is 1.56. The van der Waals surface area contributed by atoms with Gasteiger partial charge < -0.3 is 10.2 Å². The van der Waals surface area contributed by atoms with Crippen LogP contribution in [0.3, 0.4) is 0 Å². The van der Waals surface area contributed by atoms with Crippen molar-refractivity contribution in [3.63, 3.8) is 0 Å². The number of anilines is 1. The predicted octanol–water partition coefficient (Wildman–Crippen LogP) is 3.85. The van der Waals surface area contributed by atoms with Gasteiger partial charge in [-0.25, -0.2) is 0 Å².